The van der Waals surface area contributed by atoms with Crippen LogP contribution in [0.15, 0.2) is 66.7 Å². The summed E-state index contributed by atoms with van der Waals surface area (Å²) in [5.41, 5.74) is 2.84. The lowest BCUT2D eigenvalue weighted by atomic mass is 9.88. The van der Waals surface area contributed by atoms with Crippen molar-refractivity contribution in [2.24, 2.45) is 0 Å². The Bertz CT molecular complexity index is 912. The van der Waals surface area contributed by atoms with Crippen LogP contribution in [0.5, 0.6) is 0 Å². The molecule has 0 spiro atoms. The summed E-state index contributed by atoms with van der Waals surface area (Å²) in [6.45, 7) is 1.61. The highest BCUT2D eigenvalue weighted by Crippen LogP contribution is 2.31. The van der Waals surface area contributed by atoms with Gasteiger partial charge < -0.3 is 10.1 Å². The van der Waals surface area contributed by atoms with Gasteiger partial charge in [-0.2, -0.15) is 0 Å². The van der Waals surface area contributed by atoms with E-state index in [9.17, 15) is 4.79 Å². The number of carbonyl (C=O) groups is 1. The number of halogens is 2. The Balaban J connectivity index is 0.00000225. The fraction of sp³-hybridized carbons (Fsp3) is 0.227. The van der Waals surface area contributed by atoms with Gasteiger partial charge in [-0.3, -0.25) is 0 Å². The summed E-state index contributed by atoms with van der Waals surface area (Å²) in [7, 11) is 0. The minimum Gasteiger partial charge on any atom is -0.457 e. The van der Waals surface area contributed by atoms with E-state index in [1.54, 1.807) is 0 Å². The van der Waals surface area contributed by atoms with Crippen LogP contribution < -0.4 is 5.32 Å². The number of esters is 1. The van der Waals surface area contributed by atoms with Gasteiger partial charge in [0.25, 0.3) is 0 Å². The first-order chi connectivity index (χ1) is 13.2. The van der Waals surface area contributed by atoms with Crippen LogP contribution in [0.2, 0.25) is 4.34 Å². The number of ether oxygens (including phenoxy) is 1. The average Bonchev–Trinajstić information content (AvgIpc) is 3.15. The van der Waals surface area contributed by atoms with E-state index in [-0.39, 0.29) is 30.4 Å². The molecule has 1 fully saturated rings. The molecule has 0 unspecified atom stereocenters. The summed E-state index contributed by atoms with van der Waals surface area (Å²) >= 11 is 7.53. The number of piperidine rings is 1. The highest BCUT2D eigenvalue weighted by molar-refractivity contribution is 7.19. The molecule has 3 nitrogen and oxygen atoms in total. The van der Waals surface area contributed by atoms with E-state index in [0.717, 1.165) is 27.7 Å². The Morgan fingerprint density at radius 2 is 1.79 bits per heavy atom. The zero-order valence-electron chi connectivity index (χ0n) is 15.1. The third kappa shape index (κ3) is 4.76. The molecule has 4 rings (SSSR count). The molecule has 0 bridgehead atoms. The van der Waals surface area contributed by atoms with Crippen molar-refractivity contribution in [1.29, 1.82) is 0 Å². The van der Waals surface area contributed by atoms with E-state index in [4.69, 9.17) is 16.3 Å². The van der Waals surface area contributed by atoms with Gasteiger partial charge in [0.1, 0.15) is 6.10 Å². The summed E-state index contributed by atoms with van der Waals surface area (Å²) in [6, 6.07) is 21.7. The maximum atomic E-state index is 12.7. The summed E-state index contributed by atoms with van der Waals surface area (Å²) < 4.78 is 6.63. The van der Waals surface area contributed by atoms with Crippen molar-refractivity contribution >= 4 is 41.3 Å². The maximum Gasteiger partial charge on any atom is 0.338 e. The second-order valence-corrected chi connectivity index (χ2v) is 8.35. The van der Waals surface area contributed by atoms with Gasteiger partial charge in [0.15, 0.2) is 0 Å². The predicted octanol–water partition coefficient (Wildman–Crippen LogP) is 5.79. The first kappa shape index (κ1) is 20.9. The number of thiophene rings is 1. The van der Waals surface area contributed by atoms with Gasteiger partial charge in [0, 0.05) is 17.3 Å². The zero-order chi connectivity index (χ0) is 18.6. The summed E-state index contributed by atoms with van der Waals surface area (Å²) in [6.07, 6.45) is 0.796. The van der Waals surface area contributed by atoms with E-state index < -0.39 is 0 Å². The van der Waals surface area contributed by atoms with E-state index in [2.05, 4.69) is 17.4 Å². The van der Waals surface area contributed by atoms with Crippen molar-refractivity contribution < 1.29 is 9.53 Å². The molecular weight excluding hydrogens is 413 g/mol. The highest BCUT2D eigenvalue weighted by Gasteiger charge is 2.29. The van der Waals surface area contributed by atoms with Gasteiger partial charge in [-0.1, -0.05) is 54.1 Å². The molecule has 1 saturated heterocycles. The second-order valence-electron chi connectivity index (χ2n) is 6.63. The molecule has 1 N–H and O–H groups in total. The standard InChI is InChI=1S/C22H20ClNO2S.ClH/c23-21-11-10-20(27-21)16-6-8-17(9-7-16)22(25)26-19-14-24-13-12-18(19)15-4-2-1-3-5-15;/h1-11,18-19,24H,12-14H2;1H/t18-,19+;/m0./s1. The van der Waals surface area contributed by atoms with Crippen molar-refractivity contribution in [3.05, 3.63) is 82.2 Å². The molecule has 146 valence electrons. The largest absolute Gasteiger partial charge is 0.457 e. The molecule has 6 heteroatoms. The van der Waals surface area contributed by atoms with Crippen LogP contribution in [0, 0.1) is 0 Å². The van der Waals surface area contributed by atoms with Gasteiger partial charge in [-0.05, 0) is 48.4 Å². The van der Waals surface area contributed by atoms with Gasteiger partial charge in [-0.15, -0.1) is 23.7 Å². The molecule has 2 aromatic carbocycles. The molecule has 2 heterocycles. The molecule has 1 aliphatic heterocycles. The molecule has 0 aliphatic carbocycles. The van der Waals surface area contributed by atoms with Crippen LogP contribution in [0.25, 0.3) is 10.4 Å². The van der Waals surface area contributed by atoms with Gasteiger partial charge in [-0.25, -0.2) is 4.79 Å². The van der Waals surface area contributed by atoms with Crippen LogP contribution in [0.1, 0.15) is 28.3 Å². The number of carbonyl (C=O) groups excluding carboxylic acids is 1. The van der Waals surface area contributed by atoms with E-state index >= 15 is 0 Å². The molecular formula is C22H21Cl2NO2S. The summed E-state index contributed by atoms with van der Waals surface area (Å²) in [5.74, 6) is -0.0515. The van der Waals surface area contributed by atoms with E-state index in [1.807, 2.05) is 54.6 Å². The number of hydrogen-bond acceptors (Lipinski definition) is 4. The SMILES string of the molecule is Cl.O=C(O[C@@H]1CNCC[C@H]1c1ccccc1)c1ccc(-c2ccc(Cl)s2)cc1. The Morgan fingerprint density at radius 3 is 2.46 bits per heavy atom. The van der Waals surface area contributed by atoms with Gasteiger partial charge >= 0.3 is 5.97 Å². The Hall–Kier alpha value is -1.85. The molecule has 1 aliphatic rings. The topological polar surface area (TPSA) is 38.3 Å². The van der Waals surface area contributed by atoms with Gasteiger partial charge in [0.05, 0.1) is 9.90 Å². The summed E-state index contributed by atoms with van der Waals surface area (Å²) in [5, 5.41) is 3.34. The van der Waals surface area contributed by atoms with Crippen LogP contribution in [-0.2, 0) is 4.74 Å². The van der Waals surface area contributed by atoms with Crippen molar-refractivity contribution in [2.75, 3.05) is 13.1 Å². The Kier molecular flexibility index (Phi) is 7.13. The Labute approximate surface area is 180 Å². The van der Waals surface area contributed by atoms with Crippen molar-refractivity contribution in [3.8, 4) is 10.4 Å². The van der Waals surface area contributed by atoms with E-state index in [1.165, 1.54) is 16.9 Å². The Morgan fingerprint density at radius 1 is 1.04 bits per heavy atom. The van der Waals surface area contributed by atoms with Crippen LogP contribution in [-0.4, -0.2) is 25.2 Å². The zero-order valence-corrected chi connectivity index (χ0v) is 17.5. The maximum absolute atomic E-state index is 12.7. The lowest BCUT2D eigenvalue weighted by Crippen LogP contribution is -2.42. The normalized spacial score (nSPS) is 18.9. The molecule has 3 aromatic rings. The third-order valence-corrected chi connectivity index (χ3v) is 6.17. The summed E-state index contributed by atoms with van der Waals surface area (Å²) in [4.78, 5) is 13.8. The molecule has 0 amide bonds. The number of hydrogen-bond donors (Lipinski definition) is 1. The first-order valence-corrected chi connectivity index (χ1v) is 10.2. The predicted molar refractivity (Wildman–Crippen MR) is 118 cm³/mol. The average molecular weight is 434 g/mol. The molecule has 1 aromatic heterocycles. The smallest absolute Gasteiger partial charge is 0.338 e. The van der Waals surface area contributed by atoms with Crippen LogP contribution >= 0.6 is 35.3 Å². The van der Waals surface area contributed by atoms with Gasteiger partial charge in [0.2, 0.25) is 0 Å². The number of rotatable bonds is 4. The minimum absolute atomic E-state index is 0. The quantitative estimate of drug-likeness (QED) is 0.528. The first-order valence-electron chi connectivity index (χ1n) is 9.03. The van der Waals surface area contributed by atoms with Crippen LogP contribution in [0.4, 0.5) is 0 Å². The third-order valence-electron chi connectivity index (χ3n) is 4.89. The minimum atomic E-state index is -0.277. The fourth-order valence-electron chi connectivity index (χ4n) is 3.48. The van der Waals surface area contributed by atoms with Crippen molar-refractivity contribution in [1.82, 2.24) is 5.32 Å². The number of nitrogens with one attached hydrogen (secondary N) is 1. The second kappa shape index (κ2) is 9.57. The lowest BCUT2D eigenvalue weighted by Gasteiger charge is -2.32. The molecule has 28 heavy (non-hydrogen) atoms. The molecule has 0 radical (unpaired) electrons. The lowest BCUT2D eigenvalue weighted by molar-refractivity contribution is 0.0182. The monoisotopic (exact) mass is 433 g/mol. The highest BCUT2D eigenvalue weighted by atomic mass is 35.5. The number of benzene rings is 2. The van der Waals surface area contributed by atoms with Crippen LogP contribution in [0.3, 0.4) is 0 Å². The van der Waals surface area contributed by atoms with Crippen molar-refractivity contribution in [3.63, 3.8) is 0 Å². The van der Waals surface area contributed by atoms with E-state index in [0.29, 0.717) is 12.1 Å². The molecule has 0 saturated carbocycles. The molecule has 2 atom stereocenters. The fourth-order valence-corrected chi connectivity index (χ4v) is 4.53. The van der Waals surface area contributed by atoms with Crippen molar-refractivity contribution in [2.45, 2.75) is 18.4 Å².